The second kappa shape index (κ2) is 6.80. The molecule has 1 aromatic heterocycles. The molecule has 0 aliphatic heterocycles. The Morgan fingerprint density at radius 1 is 1.65 bits per heavy atom. The number of rotatable bonds is 5. The Bertz CT molecular complexity index is 401. The number of ether oxygens (including phenoxy) is 1. The number of carbonyl (C=O) groups excluding carboxylic acids is 2. The molecule has 17 heavy (non-hydrogen) atoms. The Morgan fingerprint density at radius 2 is 2.41 bits per heavy atom. The van der Waals surface area contributed by atoms with Gasteiger partial charge in [-0.25, -0.2) is 4.98 Å². The Morgan fingerprint density at radius 3 is 3.00 bits per heavy atom. The van der Waals surface area contributed by atoms with E-state index in [0.29, 0.717) is 0 Å². The summed E-state index contributed by atoms with van der Waals surface area (Å²) in [6.07, 6.45) is 3.17. The molecule has 0 radical (unpaired) electrons. The molecule has 0 saturated heterocycles. The molecule has 5 nitrogen and oxygen atoms in total. The number of thiazole rings is 1. The minimum atomic E-state index is -0.346. The van der Waals surface area contributed by atoms with Crippen molar-refractivity contribution in [2.45, 2.75) is 19.4 Å². The molecule has 0 aromatic carbocycles. The molecular formula is C11H14N2O3S. The largest absolute Gasteiger partial charge is 0.469 e. The normalized spacial score (nSPS) is 12.4. The van der Waals surface area contributed by atoms with E-state index in [1.807, 2.05) is 5.38 Å². The van der Waals surface area contributed by atoms with Crippen LogP contribution in [0.1, 0.15) is 19.0 Å². The number of nitrogens with one attached hydrogen (secondary N) is 1. The summed E-state index contributed by atoms with van der Waals surface area (Å²) < 4.78 is 4.50. The minimum absolute atomic E-state index is 0.160. The molecule has 0 unspecified atom stereocenters. The summed E-state index contributed by atoms with van der Waals surface area (Å²) in [5.74, 6) is -0.601. The van der Waals surface area contributed by atoms with E-state index >= 15 is 0 Å². The predicted molar refractivity (Wildman–Crippen MR) is 65.4 cm³/mol. The summed E-state index contributed by atoms with van der Waals surface area (Å²) >= 11 is 1.46. The number of amides is 1. The first-order chi connectivity index (χ1) is 8.11. The van der Waals surface area contributed by atoms with Crippen LogP contribution in [-0.2, 0) is 14.3 Å². The lowest BCUT2D eigenvalue weighted by molar-refractivity contribution is -0.141. The van der Waals surface area contributed by atoms with Crippen LogP contribution in [0.5, 0.6) is 0 Å². The molecule has 1 N–H and O–H groups in total. The highest BCUT2D eigenvalue weighted by Gasteiger charge is 2.10. The quantitative estimate of drug-likeness (QED) is 0.633. The lowest BCUT2D eigenvalue weighted by Gasteiger charge is -2.10. The Hall–Kier alpha value is -1.69. The van der Waals surface area contributed by atoms with Gasteiger partial charge >= 0.3 is 5.97 Å². The van der Waals surface area contributed by atoms with Crippen LogP contribution in [0.25, 0.3) is 6.08 Å². The van der Waals surface area contributed by atoms with Gasteiger partial charge in [-0.05, 0) is 13.0 Å². The molecule has 0 saturated carbocycles. The van der Waals surface area contributed by atoms with Crippen LogP contribution in [0.3, 0.4) is 0 Å². The third-order valence-electron chi connectivity index (χ3n) is 1.95. The van der Waals surface area contributed by atoms with Gasteiger partial charge in [0.1, 0.15) is 0 Å². The highest BCUT2D eigenvalue weighted by atomic mass is 32.1. The minimum Gasteiger partial charge on any atom is -0.469 e. The Balaban J connectivity index is 2.36. The van der Waals surface area contributed by atoms with Crippen molar-refractivity contribution in [2.24, 2.45) is 0 Å². The zero-order chi connectivity index (χ0) is 12.7. The summed E-state index contributed by atoms with van der Waals surface area (Å²) in [5, 5.41) is 4.49. The van der Waals surface area contributed by atoms with Crippen LogP contribution in [0.15, 0.2) is 17.0 Å². The van der Waals surface area contributed by atoms with Crippen molar-refractivity contribution in [2.75, 3.05) is 7.11 Å². The first-order valence-corrected chi connectivity index (χ1v) is 5.99. The number of nitrogens with zero attached hydrogens (tertiary/aromatic N) is 1. The van der Waals surface area contributed by atoms with Crippen molar-refractivity contribution in [1.29, 1.82) is 0 Å². The van der Waals surface area contributed by atoms with E-state index in [1.54, 1.807) is 18.5 Å². The number of esters is 1. The molecule has 0 aliphatic carbocycles. The highest BCUT2D eigenvalue weighted by Crippen LogP contribution is 2.02. The summed E-state index contributed by atoms with van der Waals surface area (Å²) in [6.45, 7) is 1.74. The van der Waals surface area contributed by atoms with Crippen molar-refractivity contribution in [3.8, 4) is 0 Å². The first-order valence-electron chi connectivity index (χ1n) is 5.05. The fourth-order valence-electron chi connectivity index (χ4n) is 1.14. The number of hydrogen-bond acceptors (Lipinski definition) is 5. The van der Waals surface area contributed by atoms with Gasteiger partial charge in [0, 0.05) is 17.5 Å². The van der Waals surface area contributed by atoms with Crippen molar-refractivity contribution in [3.63, 3.8) is 0 Å². The Kier molecular flexibility index (Phi) is 5.35. The maximum atomic E-state index is 11.4. The smallest absolute Gasteiger partial charge is 0.307 e. The van der Waals surface area contributed by atoms with E-state index in [0.717, 1.165) is 5.69 Å². The molecule has 0 bridgehead atoms. The van der Waals surface area contributed by atoms with Gasteiger partial charge in [-0.2, -0.15) is 0 Å². The SMILES string of the molecule is COC(=O)C[C@@H](C)NC(=O)/C=C/c1cscn1. The van der Waals surface area contributed by atoms with E-state index in [-0.39, 0.29) is 24.3 Å². The van der Waals surface area contributed by atoms with E-state index in [2.05, 4.69) is 15.0 Å². The molecule has 1 amide bonds. The molecule has 1 aromatic rings. The van der Waals surface area contributed by atoms with Crippen LogP contribution >= 0.6 is 11.3 Å². The third-order valence-corrected chi connectivity index (χ3v) is 2.55. The third kappa shape index (κ3) is 5.26. The summed E-state index contributed by atoms with van der Waals surface area (Å²) in [6, 6.07) is -0.255. The van der Waals surface area contributed by atoms with E-state index in [4.69, 9.17) is 0 Å². The van der Waals surface area contributed by atoms with Crippen LogP contribution in [0.2, 0.25) is 0 Å². The number of aromatic nitrogens is 1. The summed E-state index contributed by atoms with van der Waals surface area (Å²) in [5.41, 5.74) is 2.43. The zero-order valence-corrected chi connectivity index (χ0v) is 10.5. The van der Waals surface area contributed by atoms with Gasteiger partial charge in [0.2, 0.25) is 5.91 Å². The maximum absolute atomic E-state index is 11.4. The predicted octanol–water partition coefficient (Wildman–Crippen LogP) is 1.22. The molecule has 6 heteroatoms. The fourth-order valence-corrected chi connectivity index (χ4v) is 1.66. The van der Waals surface area contributed by atoms with Crippen LogP contribution in [-0.4, -0.2) is 30.0 Å². The fraction of sp³-hybridized carbons (Fsp3) is 0.364. The number of methoxy groups -OCH3 is 1. The van der Waals surface area contributed by atoms with Crippen LogP contribution < -0.4 is 5.32 Å². The van der Waals surface area contributed by atoms with Gasteiger partial charge in [0.05, 0.1) is 24.7 Å². The molecule has 92 valence electrons. The summed E-state index contributed by atoms with van der Waals surface area (Å²) in [4.78, 5) is 26.4. The lowest BCUT2D eigenvalue weighted by Crippen LogP contribution is -2.33. The number of carbonyl (C=O) groups is 2. The van der Waals surface area contributed by atoms with Crippen LogP contribution in [0, 0.1) is 0 Å². The van der Waals surface area contributed by atoms with Crippen LogP contribution in [0.4, 0.5) is 0 Å². The zero-order valence-electron chi connectivity index (χ0n) is 9.67. The second-order valence-corrected chi connectivity index (χ2v) is 4.16. The maximum Gasteiger partial charge on any atom is 0.307 e. The van der Waals surface area contributed by atoms with Gasteiger partial charge in [0.15, 0.2) is 0 Å². The first kappa shape index (κ1) is 13.4. The van der Waals surface area contributed by atoms with Gasteiger partial charge in [0.25, 0.3) is 0 Å². The van der Waals surface area contributed by atoms with E-state index in [9.17, 15) is 9.59 Å². The molecule has 0 fully saturated rings. The van der Waals surface area contributed by atoms with Crippen molar-refractivity contribution >= 4 is 29.3 Å². The lowest BCUT2D eigenvalue weighted by atomic mass is 10.2. The molecule has 1 atom stereocenters. The molecule has 0 spiro atoms. The standard InChI is InChI=1S/C11H14N2O3S/c1-8(5-11(15)16-2)13-10(14)4-3-9-6-17-7-12-9/h3-4,6-8H,5H2,1-2H3,(H,13,14)/b4-3+/t8-/m1/s1. The molecule has 1 heterocycles. The average Bonchev–Trinajstić information content (AvgIpc) is 2.78. The van der Waals surface area contributed by atoms with Gasteiger partial charge in [-0.15, -0.1) is 11.3 Å². The average molecular weight is 254 g/mol. The Labute approximate surface area is 104 Å². The monoisotopic (exact) mass is 254 g/mol. The second-order valence-electron chi connectivity index (χ2n) is 3.44. The highest BCUT2D eigenvalue weighted by molar-refractivity contribution is 7.07. The summed E-state index contributed by atoms with van der Waals surface area (Å²) in [7, 11) is 1.32. The molecular weight excluding hydrogens is 240 g/mol. The van der Waals surface area contributed by atoms with E-state index < -0.39 is 0 Å². The topological polar surface area (TPSA) is 68.3 Å². The van der Waals surface area contributed by atoms with Gasteiger partial charge in [-0.1, -0.05) is 0 Å². The van der Waals surface area contributed by atoms with Crippen molar-refractivity contribution in [3.05, 3.63) is 22.7 Å². The number of hydrogen-bond donors (Lipinski definition) is 1. The van der Waals surface area contributed by atoms with Crippen molar-refractivity contribution in [1.82, 2.24) is 10.3 Å². The van der Waals surface area contributed by atoms with Gasteiger partial charge in [-0.3, -0.25) is 9.59 Å². The molecule has 1 rings (SSSR count). The van der Waals surface area contributed by atoms with E-state index in [1.165, 1.54) is 24.5 Å². The molecule has 0 aliphatic rings. The van der Waals surface area contributed by atoms with Crippen molar-refractivity contribution < 1.29 is 14.3 Å². The van der Waals surface area contributed by atoms with Gasteiger partial charge < -0.3 is 10.1 Å².